The zero-order valence-electron chi connectivity index (χ0n) is 18.4. The van der Waals surface area contributed by atoms with Gasteiger partial charge in [-0.1, -0.05) is 55.7 Å². The monoisotopic (exact) mass is 415 g/mol. The van der Waals surface area contributed by atoms with Gasteiger partial charge in [-0.25, -0.2) is 4.79 Å². The van der Waals surface area contributed by atoms with Gasteiger partial charge in [0.2, 0.25) is 0 Å². The molecule has 3 aliphatic rings. The lowest BCUT2D eigenvalue weighted by molar-refractivity contribution is 0.0641. The first-order chi connectivity index (χ1) is 15.3. The molecule has 2 heterocycles. The minimum atomic E-state index is 0.308. The maximum atomic E-state index is 13.3. The average molecular weight is 416 g/mol. The zero-order chi connectivity index (χ0) is 20.8. The Kier molecular flexibility index (Phi) is 4.89. The Morgan fingerprint density at radius 2 is 1.42 bits per heavy atom. The van der Waals surface area contributed by atoms with Crippen LogP contribution in [0.4, 0.5) is 4.79 Å². The molecule has 2 saturated carbocycles. The van der Waals surface area contributed by atoms with Crippen molar-refractivity contribution in [2.75, 3.05) is 19.6 Å². The first-order valence-electron chi connectivity index (χ1n) is 12.3. The topological polar surface area (TPSA) is 28.5 Å². The number of hydrogen-bond donors (Lipinski definition) is 0. The van der Waals surface area contributed by atoms with Crippen molar-refractivity contribution in [1.29, 1.82) is 0 Å². The summed E-state index contributed by atoms with van der Waals surface area (Å²) in [6.07, 6.45) is 8.78. The molecule has 3 aromatic rings. The summed E-state index contributed by atoms with van der Waals surface area (Å²) in [7, 11) is 0. The van der Waals surface area contributed by atoms with Crippen LogP contribution >= 0.6 is 0 Å². The Morgan fingerprint density at radius 1 is 0.774 bits per heavy atom. The molecular formula is C27H33N3O. The van der Waals surface area contributed by atoms with Crippen LogP contribution in [0.1, 0.15) is 44.9 Å². The van der Waals surface area contributed by atoms with Crippen LogP contribution < -0.4 is 0 Å². The predicted molar refractivity (Wildman–Crippen MR) is 126 cm³/mol. The molecule has 2 aliphatic carbocycles. The molecule has 1 saturated heterocycles. The minimum Gasteiger partial charge on any atom is -0.340 e. The summed E-state index contributed by atoms with van der Waals surface area (Å²) in [5, 5.41) is 2.69. The molecule has 2 amide bonds. The lowest BCUT2D eigenvalue weighted by Crippen LogP contribution is -2.56. The van der Waals surface area contributed by atoms with E-state index in [1.807, 2.05) is 0 Å². The van der Waals surface area contributed by atoms with Crippen LogP contribution in [0.2, 0.25) is 0 Å². The van der Waals surface area contributed by atoms with Crippen LogP contribution in [0, 0.1) is 11.8 Å². The molecule has 1 aromatic heterocycles. The molecule has 162 valence electrons. The number of benzene rings is 2. The number of nitrogens with zero attached hydrogens (tertiary/aromatic N) is 3. The van der Waals surface area contributed by atoms with Crippen molar-refractivity contribution in [1.82, 2.24) is 14.4 Å². The van der Waals surface area contributed by atoms with E-state index in [-0.39, 0.29) is 0 Å². The molecule has 1 aliphatic heterocycles. The van der Waals surface area contributed by atoms with Gasteiger partial charge in [0.15, 0.2) is 0 Å². The first kappa shape index (κ1) is 19.2. The molecule has 31 heavy (non-hydrogen) atoms. The highest BCUT2D eigenvalue weighted by atomic mass is 16.2. The Labute approximate surface area is 184 Å². The van der Waals surface area contributed by atoms with Crippen molar-refractivity contribution in [2.24, 2.45) is 11.8 Å². The molecule has 0 radical (unpaired) electrons. The van der Waals surface area contributed by atoms with E-state index < -0.39 is 0 Å². The molecular weight excluding hydrogens is 382 g/mol. The molecule has 2 aromatic carbocycles. The molecule has 0 spiro atoms. The number of para-hydroxylation sites is 2. The summed E-state index contributed by atoms with van der Waals surface area (Å²) in [4.78, 5) is 17.7. The van der Waals surface area contributed by atoms with E-state index in [0.717, 1.165) is 38.5 Å². The fraction of sp³-hybridized carbons (Fsp3) is 0.519. The van der Waals surface area contributed by atoms with Crippen molar-refractivity contribution >= 4 is 27.8 Å². The summed E-state index contributed by atoms with van der Waals surface area (Å²) >= 11 is 0. The van der Waals surface area contributed by atoms with Gasteiger partial charge in [-0.15, -0.1) is 0 Å². The van der Waals surface area contributed by atoms with Gasteiger partial charge in [-0.2, -0.15) is 0 Å². The standard InChI is InChI=1S/C27H33N3O/c31-27-28(16-7-17-29(27)22-10-6-11-22)18-21(20-8-5-9-20)19-30-25-14-3-1-12-23(25)24-13-2-4-15-26(24)30/h1-4,12-15,20-22H,5-11,16-19H2. The number of carbonyl (C=O) groups excluding carboxylic acids is 1. The van der Waals surface area contributed by atoms with E-state index in [2.05, 4.69) is 62.9 Å². The van der Waals surface area contributed by atoms with Crippen molar-refractivity contribution in [3.8, 4) is 0 Å². The molecule has 4 heteroatoms. The van der Waals surface area contributed by atoms with Gasteiger partial charge in [-0.3, -0.25) is 0 Å². The number of hydrogen-bond acceptors (Lipinski definition) is 1. The Bertz CT molecular complexity index is 1040. The van der Waals surface area contributed by atoms with Crippen molar-refractivity contribution in [2.45, 2.75) is 57.5 Å². The zero-order valence-corrected chi connectivity index (χ0v) is 18.4. The SMILES string of the molecule is O=C1N(CC(Cn2c3ccccc3c3ccccc32)C2CCC2)CCCN1C1CCC1. The van der Waals surface area contributed by atoms with E-state index in [4.69, 9.17) is 0 Å². The summed E-state index contributed by atoms with van der Waals surface area (Å²) in [6, 6.07) is 18.4. The van der Waals surface area contributed by atoms with Gasteiger partial charge >= 0.3 is 6.03 Å². The number of rotatable bonds is 6. The third kappa shape index (κ3) is 3.31. The second-order valence-electron chi connectivity index (χ2n) is 9.96. The van der Waals surface area contributed by atoms with Crippen LogP contribution in [0.3, 0.4) is 0 Å². The number of urea groups is 1. The third-order valence-corrected chi connectivity index (χ3v) is 8.23. The fourth-order valence-electron chi connectivity index (χ4n) is 6.00. The van der Waals surface area contributed by atoms with Gasteiger partial charge in [0.05, 0.1) is 0 Å². The van der Waals surface area contributed by atoms with E-state index in [0.29, 0.717) is 18.0 Å². The Hall–Kier alpha value is -2.49. The Morgan fingerprint density at radius 3 is 2.00 bits per heavy atom. The van der Waals surface area contributed by atoms with Gasteiger partial charge in [0.25, 0.3) is 0 Å². The van der Waals surface area contributed by atoms with E-state index in [1.54, 1.807) is 0 Å². The van der Waals surface area contributed by atoms with E-state index in [9.17, 15) is 4.79 Å². The number of amides is 2. The van der Waals surface area contributed by atoms with Crippen LogP contribution in [0.5, 0.6) is 0 Å². The van der Waals surface area contributed by atoms with Gasteiger partial charge in [-0.05, 0) is 49.7 Å². The smallest absolute Gasteiger partial charge is 0.320 e. The quantitative estimate of drug-likeness (QED) is 0.493. The van der Waals surface area contributed by atoms with Gasteiger partial charge < -0.3 is 14.4 Å². The first-order valence-corrected chi connectivity index (χ1v) is 12.3. The number of aromatic nitrogens is 1. The highest BCUT2D eigenvalue weighted by molar-refractivity contribution is 6.07. The fourth-order valence-corrected chi connectivity index (χ4v) is 6.00. The van der Waals surface area contributed by atoms with E-state index >= 15 is 0 Å². The van der Waals surface area contributed by atoms with Crippen LogP contribution in [0.25, 0.3) is 21.8 Å². The van der Waals surface area contributed by atoms with Crippen LogP contribution in [-0.4, -0.2) is 46.1 Å². The number of fused-ring (bicyclic) bond motifs is 3. The summed E-state index contributed by atoms with van der Waals surface area (Å²) in [5.41, 5.74) is 2.66. The van der Waals surface area contributed by atoms with Crippen LogP contribution in [-0.2, 0) is 6.54 Å². The maximum Gasteiger partial charge on any atom is 0.320 e. The maximum absolute atomic E-state index is 13.3. The van der Waals surface area contributed by atoms with Crippen molar-refractivity contribution < 1.29 is 4.79 Å². The van der Waals surface area contributed by atoms with Gasteiger partial charge in [0.1, 0.15) is 0 Å². The molecule has 1 unspecified atom stereocenters. The second kappa shape index (κ2) is 7.89. The lowest BCUT2D eigenvalue weighted by atomic mass is 9.75. The van der Waals surface area contributed by atoms with E-state index in [1.165, 1.54) is 60.3 Å². The molecule has 3 fully saturated rings. The average Bonchev–Trinajstić information content (AvgIpc) is 3.02. The normalized spacial score (nSPS) is 21.5. The van der Waals surface area contributed by atoms with Crippen LogP contribution in [0.15, 0.2) is 48.5 Å². The molecule has 0 N–H and O–H groups in total. The Balaban J connectivity index is 1.30. The summed E-state index contributed by atoms with van der Waals surface area (Å²) in [5.74, 6) is 1.27. The molecule has 6 rings (SSSR count). The highest BCUT2D eigenvalue weighted by Crippen LogP contribution is 2.38. The summed E-state index contributed by atoms with van der Waals surface area (Å²) < 4.78 is 2.53. The third-order valence-electron chi connectivity index (χ3n) is 8.23. The summed E-state index contributed by atoms with van der Waals surface area (Å²) in [6.45, 7) is 3.80. The molecule has 0 bridgehead atoms. The minimum absolute atomic E-state index is 0.308. The number of carbonyl (C=O) groups is 1. The van der Waals surface area contributed by atoms with Gasteiger partial charge in [0, 0.05) is 54.0 Å². The second-order valence-corrected chi connectivity index (χ2v) is 9.96. The largest absolute Gasteiger partial charge is 0.340 e. The highest BCUT2D eigenvalue weighted by Gasteiger charge is 2.37. The predicted octanol–water partition coefficient (Wildman–Crippen LogP) is 5.89. The molecule has 4 nitrogen and oxygen atoms in total. The molecule has 1 atom stereocenters. The lowest BCUT2D eigenvalue weighted by Gasteiger charge is -2.45. The van der Waals surface area contributed by atoms with Crippen molar-refractivity contribution in [3.05, 3.63) is 48.5 Å². The van der Waals surface area contributed by atoms with Crippen molar-refractivity contribution in [3.63, 3.8) is 0 Å².